The fourth-order valence-corrected chi connectivity index (χ4v) is 5.88. The highest BCUT2D eigenvalue weighted by Gasteiger charge is 2.41. The maximum Gasteiger partial charge on any atom is 0.265 e. The minimum Gasteiger partial charge on any atom is -0.479 e. The molecule has 1 saturated heterocycles. The molecule has 0 aromatic heterocycles. The number of ether oxygens (including phenoxy) is 1. The number of sulfonamides is 1. The van der Waals surface area contributed by atoms with Gasteiger partial charge in [-0.15, -0.1) is 0 Å². The van der Waals surface area contributed by atoms with E-state index in [0.717, 1.165) is 10.4 Å². The van der Waals surface area contributed by atoms with Gasteiger partial charge in [-0.3, -0.25) is 9.59 Å². The average molecular weight is 482 g/mol. The molecule has 0 aliphatic carbocycles. The second-order valence-electron chi connectivity index (χ2n) is 7.75. The highest BCUT2D eigenvalue weighted by Crippen LogP contribution is 2.37. The Morgan fingerprint density at radius 3 is 2.78 bits per heavy atom. The number of aryl methyl sites for hydroxylation is 1. The van der Waals surface area contributed by atoms with Crippen molar-refractivity contribution in [1.82, 2.24) is 4.31 Å². The molecule has 0 saturated carbocycles. The number of anilines is 2. The molecule has 11 heteroatoms. The lowest BCUT2D eigenvalue weighted by molar-refractivity contribution is -0.122. The summed E-state index contributed by atoms with van der Waals surface area (Å²) in [4.78, 5) is 24.7. The molecule has 0 radical (unpaired) electrons. The first-order valence-corrected chi connectivity index (χ1v) is 11.8. The summed E-state index contributed by atoms with van der Waals surface area (Å²) in [5, 5.41) is 5.32. The zero-order chi connectivity index (χ0) is 23.2. The number of halogens is 2. The van der Waals surface area contributed by atoms with Crippen LogP contribution in [-0.2, 0) is 19.6 Å². The first kappa shape index (κ1) is 22.5. The largest absolute Gasteiger partial charge is 0.479 e. The van der Waals surface area contributed by atoms with E-state index in [4.69, 9.17) is 16.3 Å². The molecule has 2 N–H and O–H groups in total. The van der Waals surface area contributed by atoms with E-state index < -0.39 is 33.9 Å². The number of nitrogens with zero attached hydrogens (tertiary/aromatic N) is 1. The molecule has 170 valence electrons. The Morgan fingerprint density at radius 1 is 1.31 bits per heavy atom. The van der Waals surface area contributed by atoms with Crippen LogP contribution in [0.4, 0.5) is 15.8 Å². The second kappa shape index (κ2) is 8.34. The Hall–Kier alpha value is -2.69. The number of rotatable bonds is 4. The van der Waals surface area contributed by atoms with Crippen molar-refractivity contribution in [2.24, 2.45) is 0 Å². The maximum atomic E-state index is 14.1. The molecule has 2 atom stereocenters. The van der Waals surface area contributed by atoms with Gasteiger partial charge in [0.2, 0.25) is 15.9 Å². The number of nitrogens with one attached hydrogen (secondary N) is 2. The molecular formula is C21H21ClFN3O5S. The maximum absolute atomic E-state index is 14.1. The third kappa shape index (κ3) is 4.05. The molecular weight excluding hydrogens is 461 g/mol. The van der Waals surface area contributed by atoms with E-state index in [9.17, 15) is 22.4 Å². The third-order valence-corrected chi connectivity index (χ3v) is 7.78. The van der Waals surface area contributed by atoms with Crippen molar-refractivity contribution in [2.75, 3.05) is 17.2 Å². The molecule has 0 spiro atoms. The van der Waals surface area contributed by atoms with Crippen LogP contribution in [-0.4, -0.2) is 43.2 Å². The van der Waals surface area contributed by atoms with Crippen LogP contribution in [0.15, 0.2) is 35.2 Å². The fraction of sp³-hybridized carbons (Fsp3) is 0.333. The number of hydrogen-bond donors (Lipinski definition) is 2. The highest BCUT2D eigenvalue weighted by atomic mass is 35.5. The van der Waals surface area contributed by atoms with Gasteiger partial charge in [0, 0.05) is 17.6 Å². The van der Waals surface area contributed by atoms with E-state index in [-0.39, 0.29) is 33.8 Å². The van der Waals surface area contributed by atoms with Gasteiger partial charge in [-0.2, -0.15) is 4.31 Å². The first-order valence-electron chi connectivity index (χ1n) is 9.98. The molecule has 2 aliphatic rings. The number of carbonyl (C=O) groups excluding carboxylic acids is 2. The number of carbonyl (C=O) groups is 2. The number of hydrogen-bond acceptors (Lipinski definition) is 5. The van der Waals surface area contributed by atoms with Gasteiger partial charge in [0.05, 0.1) is 16.3 Å². The summed E-state index contributed by atoms with van der Waals surface area (Å²) in [6.45, 7) is 3.31. The summed E-state index contributed by atoms with van der Waals surface area (Å²) in [5.41, 5.74) is 0.710. The van der Waals surface area contributed by atoms with Crippen LogP contribution in [0.2, 0.25) is 5.02 Å². The molecule has 2 amide bonds. The van der Waals surface area contributed by atoms with Crippen molar-refractivity contribution in [3.05, 3.63) is 46.7 Å². The zero-order valence-corrected chi connectivity index (χ0v) is 18.9. The Bertz CT molecular complexity index is 1220. The van der Waals surface area contributed by atoms with Gasteiger partial charge in [-0.1, -0.05) is 11.6 Å². The SMILES string of the molecule is Cc1cc2c(cc1S(=O)(=O)N1CCCC1C(=O)Nc1ccc(Cl)cc1F)OC(C)C(=O)N2. The monoisotopic (exact) mass is 481 g/mol. The zero-order valence-electron chi connectivity index (χ0n) is 17.3. The molecule has 2 heterocycles. The van der Waals surface area contributed by atoms with Crippen molar-refractivity contribution >= 4 is 44.8 Å². The first-order chi connectivity index (χ1) is 15.1. The van der Waals surface area contributed by atoms with Gasteiger partial charge in [0.25, 0.3) is 5.91 Å². The van der Waals surface area contributed by atoms with Crippen molar-refractivity contribution in [3.63, 3.8) is 0 Å². The van der Waals surface area contributed by atoms with Gasteiger partial charge in [-0.25, -0.2) is 12.8 Å². The van der Waals surface area contributed by atoms with Gasteiger partial charge >= 0.3 is 0 Å². The van der Waals surface area contributed by atoms with E-state index in [1.807, 2.05) is 0 Å². The lowest BCUT2D eigenvalue weighted by atomic mass is 10.1. The topological polar surface area (TPSA) is 105 Å². The van der Waals surface area contributed by atoms with Gasteiger partial charge in [-0.05, 0) is 56.5 Å². The van der Waals surface area contributed by atoms with Crippen LogP contribution in [0, 0.1) is 12.7 Å². The molecule has 2 aliphatic heterocycles. The van der Waals surface area contributed by atoms with Crippen LogP contribution < -0.4 is 15.4 Å². The summed E-state index contributed by atoms with van der Waals surface area (Å²) in [6, 6.07) is 5.72. The normalized spacial score (nSPS) is 20.9. The van der Waals surface area contributed by atoms with Crippen LogP contribution in [0.3, 0.4) is 0 Å². The smallest absolute Gasteiger partial charge is 0.265 e. The minimum absolute atomic E-state index is 0.0167. The molecule has 2 aromatic carbocycles. The Labute approximate surface area is 189 Å². The number of amides is 2. The Morgan fingerprint density at radius 2 is 2.06 bits per heavy atom. The van der Waals surface area contributed by atoms with Crippen molar-refractivity contribution in [2.45, 2.75) is 43.7 Å². The summed E-state index contributed by atoms with van der Waals surface area (Å²) >= 11 is 5.74. The van der Waals surface area contributed by atoms with Gasteiger partial charge in [0.15, 0.2) is 6.10 Å². The quantitative estimate of drug-likeness (QED) is 0.697. The van der Waals surface area contributed by atoms with Gasteiger partial charge in [0.1, 0.15) is 17.6 Å². The lowest BCUT2D eigenvalue weighted by Gasteiger charge is -2.27. The van der Waals surface area contributed by atoms with Crippen LogP contribution >= 0.6 is 11.6 Å². The second-order valence-corrected chi connectivity index (χ2v) is 10.0. The third-order valence-electron chi connectivity index (χ3n) is 5.49. The summed E-state index contributed by atoms with van der Waals surface area (Å²) < 4.78 is 47.7. The van der Waals surface area contributed by atoms with E-state index in [0.29, 0.717) is 24.1 Å². The number of fused-ring (bicyclic) bond motifs is 1. The summed E-state index contributed by atoms with van der Waals surface area (Å²) in [6.07, 6.45) is 0.0160. The standard InChI is InChI=1S/C21H21ClFN3O5S/c1-11-8-16-18(31-12(2)20(27)25-16)10-19(11)32(29,30)26-7-3-4-17(26)21(28)24-15-6-5-13(22)9-14(15)23/h5-6,8-10,12,17H,3-4,7H2,1-2H3,(H,24,28)(H,25,27). The fourth-order valence-electron chi connectivity index (χ4n) is 3.84. The predicted molar refractivity (Wildman–Crippen MR) is 117 cm³/mol. The lowest BCUT2D eigenvalue weighted by Crippen LogP contribution is -2.43. The predicted octanol–water partition coefficient (Wildman–Crippen LogP) is 3.30. The summed E-state index contributed by atoms with van der Waals surface area (Å²) in [5.74, 6) is -1.42. The molecule has 1 fully saturated rings. The average Bonchev–Trinajstić information content (AvgIpc) is 3.22. The summed E-state index contributed by atoms with van der Waals surface area (Å²) in [7, 11) is -4.07. The molecule has 2 aromatic rings. The van der Waals surface area contributed by atoms with Crippen molar-refractivity contribution < 1.29 is 27.1 Å². The number of benzene rings is 2. The Balaban J connectivity index is 1.63. The van der Waals surface area contributed by atoms with Gasteiger partial charge < -0.3 is 15.4 Å². The van der Waals surface area contributed by atoms with Crippen LogP contribution in [0.5, 0.6) is 5.75 Å². The van der Waals surface area contributed by atoms with Crippen molar-refractivity contribution in [3.8, 4) is 5.75 Å². The van der Waals surface area contributed by atoms with E-state index in [1.165, 1.54) is 24.3 Å². The molecule has 32 heavy (non-hydrogen) atoms. The molecule has 8 nitrogen and oxygen atoms in total. The van der Waals surface area contributed by atoms with Crippen LogP contribution in [0.25, 0.3) is 0 Å². The van der Waals surface area contributed by atoms with Crippen LogP contribution in [0.1, 0.15) is 25.3 Å². The van der Waals surface area contributed by atoms with E-state index in [2.05, 4.69) is 10.6 Å². The van der Waals surface area contributed by atoms with E-state index in [1.54, 1.807) is 13.8 Å². The molecule has 0 bridgehead atoms. The highest BCUT2D eigenvalue weighted by molar-refractivity contribution is 7.89. The molecule has 2 unspecified atom stereocenters. The minimum atomic E-state index is -4.07. The van der Waals surface area contributed by atoms with E-state index >= 15 is 0 Å². The Kier molecular flexibility index (Phi) is 5.87. The molecule has 4 rings (SSSR count). The van der Waals surface area contributed by atoms with Crippen molar-refractivity contribution in [1.29, 1.82) is 0 Å².